The van der Waals surface area contributed by atoms with E-state index in [1.165, 1.54) is 6.07 Å². The molecular formula is C21H16ClN3O2. The van der Waals surface area contributed by atoms with Crippen LogP contribution in [-0.2, 0) is 0 Å². The molecule has 0 spiro atoms. The number of hydrogen-bond donors (Lipinski definition) is 0. The minimum atomic E-state index is -0.388. The third kappa shape index (κ3) is 3.55. The van der Waals surface area contributed by atoms with Crippen molar-refractivity contribution in [2.45, 2.75) is 12.5 Å². The Morgan fingerprint density at radius 1 is 1.00 bits per heavy atom. The summed E-state index contributed by atoms with van der Waals surface area (Å²) >= 11 is 6.00. The maximum absolute atomic E-state index is 11.2. The lowest BCUT2D eigenvalue weighted by Gasteiger charge is -2.23. The van der Waals surface area contributed by atoms with Gasteiger partial charge in [-0.05, 0) is 29.3 Å². The molecule has 0 N–H and O–H groups in total. The quantitative estimate of drug-likeness (QED) is 0.439. The van der Waals surface area contributed by atoms with E-state index in [1.54, 1.807) is 12.1 Å². The number of non-ortho nitro benzene ring substituents is 1. The van der Waals surface area contributed by atoms with Gasteiger partial charge in [-0.1, -0.05) is 60.1 Å². The molecule has 0 fully saturated rings. The van der Waals surface area contributed by atoms with Crippen LogP contribution in [0.2, 0.25) is 5.02 Å². The van der Waals surface area contributed by atoms with Gasteiger partial charge in [-0.3, -0.25) is 15.1 Å². The van der Waals surface area contributed by atoms with Gasteiger partial charge in [-0.2, -0.15) is 5.10 Å². The van der Waals surface area contributed by atoms with Crippen molar-refractivity contribution in [3.8, 4) is 0 Å². The Balaban J connectivity index is 1.77. The molecule has 0 radical (unpaired) electrons. The number of hydrogen-bond acceptors (Lipinski definition) is 4. The number of nitro benzene ring substituents is 1. The largest absolute Gasteiger partial charge is 0.271 e. The van der Waals surface area contributed by atoms with Crippen molar-refractivity contribution in [2.75, 3.05) is 5.01 Å². The molecule has 1 heterocycles. The van der Waals surface area contributed by atoms with E-state index in [9.17, 15) is 10.1 Å². The molecule has 3 aromatic carbocycles. The van der Waals surface area contributed by atoms with E-state index >= 15 is 0 Å². The normalized spacial score (nSPS) is 16.3. The molecule has 1 atom stereocenters. The first kappa shape index (κ1) is 17.2. The van der Waals surface area contributed by atoms with Gasteiger partial charge in [0.05, 0.1) is 22.4 Å². The third-order valence-corrected chi connectivity index (χ3v) is 4.83. The number of anilines is 1. The van der Waals surface area contributed by atoms with Gasteiger partial charge < -0.3 is 0 Å². The van der Waals surface area contributed by atoms with Crippen LogP contribution in [-0.4, -0.2) is 10.6 Å². The third-order valence-electron chi connectivity index (χ3n) is 4.58. The van der Waals surface area contributed by atoms with Crippen molar-refractivity contribution >= 4 is 28.7 Å². The standard InChI is InChI=1S/C21H16ClN3O2/c22-17-11-9-15(10-12-17)20-14-21(16-5-2-1-3-6-16)24(23-20)18-7-4-8-19(13-18)25(26)27/h1-13,21H,14H2. The van der Waals surface area contributed by atoms with Crippen LogP contribution in [0.1, 0.15) is 23.6 Å². The first-order valence-electron chi connectivity index (χ1n) is 8.54. The van der Waals surface area contributed by atoms with E-state index in [1.807, 2.05) is 53.5 Å². The average molecular weight is 378 g/mol. The van der Waals surface area contributed by atoms with Gasteiger partial charge in [0.25, 0.3) is 5.69 Å². The molecule has 0 saturated heterocycles. The molecule has 0 amide bonds. The summed E-state index contributed by atoms with van der Waals surface area (Å²) in [6.45, 7) is 0. The van der Waals surface area contributed by atoms with E-state index in [0.29, 0.717) is 17.1 Å². The molecule has 5 nitrogen and oxygen atoms in total. The molecule has 27 heavy (non-hydrogen) atoms. The van der Waals surface area contributed by atoms with Crippen LogP contribution >= 0.6 is 11.6 Å². The molecule has 0 aromatic heterocycles. The first-order valence-corrected chi connectivity index (χ1v) is 8.92. The number of rotatable bonds is 4. The highest BCUT2D eigenvalue weighted by molar-refractivity contribution is 6.30. The molecule has 1 aliphatic heterocycles. The lowest BCUT2D eigenvalue weighted by atomic mass is 9.98. The van der Waals surface area contributed by atoms with Crippen molar-refractivity contribution in [3.63, 3.8) is 0 Å². The highest BCUT2D eigenvalue weighted by Gasteiger charge is 2.30. The summed E-state index contributed by atoms with van der Waals surface area (Å²) in [7, 11) is 0. The topological polar surface area (TPSA) is 58.7 Å². The summed E-state index contributed by atoms with van der Waals surface area (Å²) < 4.78 is 0. The second-order valence-electron chi connectivity index (χ2n) is 6.31. The van der Waals surface area contributed by atoms with Crippen molar-refractivity contribution in [1.82, 2.24) is 0 Å². The summed E-state index contributed by atoms with van der Waals surface area (Å²) in [6, 6.07) is 24.2. The second kappa shape index (κ2) is 7.21. The number of nitro groups is 1. The minimum absolute atomic E-state index is 0.0288. The summed E-state index contributed by atoms with van der Waals surface area (Å²) in [5, 5.41) is 18.5. The molecule has 1 aliphatic rings. The fourth-order valence-corrected chi connectivity index (χ4v) is 3.38. The average Bonchev–Trinajstić information content (AvgIpc) is 3.15. The summed E-state index contributed by atoms with van der Waals surface area (Å²) in [4.78, 5) is 10.8. The van der Waals surface area contributed by atoms with Crippen LogP contribution in [0.25, 0.3) is 0 Å². The van der Waals surface area contributed by atoms with Gasteiger partial charge in [-0.15, -0.1) is 0 Å². The molecule has 0 saturated carbocycles. The van der Waals surface area contributed by atoms with Gasteiger partial charge in [-0.25, -0.2) is 0 Å². The molecule has 134 valence electrons. The van der Waals surface area contributed by atoms with Crippen LogP contribution in [0.4, 0.5) is 11.4 Å². The number of hydrazone groups is 1. The lowest BCUT2D eigenvalue weighted by Crippen LogP contribution is -2.18. The second-order valence-corrected chi connectivity index (χ2v) is 6.74. The predicted molar refractivity (Wildman–Crippen MR) is 107 cm³/mol. The molecule has 0 aliphatic carbocycles. The zero-order valence-corrected chi connectivity index (χ0v) is 15.1. The maximum Gasteiger partial charge on any atom is 0.271 e. The zero-order chi connectivity index (χ0) is 18.8. The Hall–Kier alpha value is -3.18. The van der Waals surface area contributed by atoms with E-state index in [0.717, 1.165) is 16.8 Å². The van der Waals surface area contributed by atoms with Crippen molar-refractivity contribution in [2.24, 2.45) is 5.10 Å². The first-order chi connectivity index (χ1) is 13.1. The monoisotopic (exact) mass is 377 g/mol. The lowest BCUT2D eigenvalue weighted by molar-refractivity contribution is -0.384. The zero-order valence-electron chi connectivity index (χ0n) is 14.3. The van der Waals surface area contributed by atoms with Crippen LogP contribution < -0.4 is 5.01 Å². The van der Waals surface area contributed by atoms with Crippen LogP contribution in [0.15, 0.2) is 84.0 Å². The van der Waals surface area contributed by atoms with Gasteiger partial charge in [0.15, 0.2) is 0 Å². The Kier molecular flexibility index (Phi) is 4.60. The van der Waals surface area contributed by atoms with E-state index in [4.69, 9.17) is 16.7 Å². The Morgan fingerprint density at radius 2 is 1.74 bits per heavy atom. The highest BCUT2D eigenvalue weighted by Crippen LogP contribution is 2.37. The predicted octanol–water partition coefficient (Wildman–Crippen LogP) is 5.60. The van der Waals surface area contributed by atoms with Crippen molar-refractivity contribution < 1.29 is 4.92 Å². The summed E-state index contributed by atoms with van der Waals surface area (Å²) in [5.74, 6) is 0. The molecule has 4 rings (SSSR count). The summed E-state index contributed by atoms with van der Waals surface area (Å²) in [5.41, 5.74) is 3.77. The number of halogens is 1. The SMILES string of the molecule is O=[N+]([O-])c1cccc(N2N=C(c3ccc(Cl)cc3)CC2c2ccccc2)c1. The number of benzene rings is 3. The van der Waals surface area contributed by atoms with Crippen LogP contribution in [0, 0.1) is 10.1 Å². The van der Waals surface area contributed by atoms with Crippen LogP contribution in [0.5, 0.6) is 0 Å². The van der Waals surface area contributed by atoms with E-state index in [-0.39, 0.29) is 16.7 Å². The Labute approximate surface area is 161 Å². The van der Waals surface area contributed by atoms with Crippen molar-refractivity contribution in [1.29, 1.82) is 0 Å². The van der Waals surface area contributed by atoms with Gasteiger partial charge in [0.2, 0.25) is 0 Å². The molecule has 6 heteroatoms. The molecule has 0 bridgehead atoms. The van der Waals surface area contributed by atoms with Crippen molar-refractivity contribution in [3.05, 3.63) is 105 Å². The Morgan fingerprint density at radius 3 is 2.44 bits per heavy atom. The van der Waals surface area contributed by atoms with Gasteiger partial charge >= 0.3 is 0 Å². The highest BCUT2D eigenvalue weighted by atomic mass is 35.5. The fourth-order valence-electron chi connectivity index (χ4n) is 3.25. The van der Waals surface area contributed by atoms with Gasteiger partial charge in [0, 0.05) is 23.6 Å². The van der Waals surface area contributed by atoms with Gasteiger partial charge in [0.1, 0.15) is 0 Å². The molecule has 3 aromatic rings. The number of nitrogens with zero attached hydrogens (tertiary/aromatic N) is 3. The summed E-state index contributed by atoms with van der Waals surface area (Å²) in [6.07, 6.45) is 0.703. The minimum Gasteiger partial charge on any atom is -0.258 e. The molecular weight excluding hydrogens is 362 g/mol. The maximum atomic E-state index is 11.2. The Bertz CT molecular complexity index is 1000. The fraction of sp³-hybridized carbons (Fsp3) is 0.0952. The van der Waals surface area contributed by atoms with Crippen LogP contribution in [0.3, 0.4) is 0 Å². The van der Waals surface area contributed by atoms with E-state index in [2.05, 4.69) is 12.1 Å². The molecule has 1 unspecified atom stereocenters. The van der Waals surface area contributed by atoms with E-state index < -0.39 is 0 Å². The smallest absolute Gasteiger partial charge is 0.258 e.